The standard InChI is InChI=1S/C15H16N2O2/c1-11(18)12-4-6-13(7-5-12)15-9-8-14(19-15)10-16-17(2)3/h4-10H,1-3H3. The van der Waals surface area contributed by atoms with E-state index < -0.39 is 0 Å². The summed E-state index contributed by atoms with van der Waals surface area (Å²) in [5.74, 6) is 1.51. The van der Waals surface area contributed by atoms with E-state index in [2.05, 4.69) is 5.10 Å². The largest absolute Gasteiger partial charge is 0.455 e. The Kier molecular flexibility index (Phi) is 3.80. The van der Waals surface area contributed by atoms with E-state index in [1.807, 2.05) is 38.4 Å². The summed E-state index contributed by atoms with van der Waals surface area (Å²) in [5, 5.41) is 5.81. The topological polar surface area (TPSA) is 45.8 Å². The van der Waals surface area contributed by atoms with Gasteiger partial charge in [0.15, 0.2) is 5.78 Å². The molecule has 0 amide bonds. The molecular weight excluding hydrogens is 240 g/mol. The van der Waals surface area contributed by atoms with Gasteiger partial charge in [-0.05, 0) is 19.1 Å². The van der Waals surface area contributed by atoms with Gasteiger partial charge in [0.1, 0.15) is 11.5 Å². The van der Waals surface area contributed by atoms with E-state index in [1.54, 1.807) is 30.3 Å². The zero-order chi connectivity index (χ0) is 13.8. The van der Waals surface area contributed by atoms with Crippen molar-refractivity contribution in [3.63, 3.8) is 0 Å². The number of rotatable bonds is 4. The summed E-state index contributed by atoms with van der Waals surface area (Å²) in [6, 6.07) is 11.1. The predicted octanol–water partition coefficient (Wildman–Crippen LogP) is 3.04. The molecule has 1 heterocycles. The smallest absolute Gasteiger partial charge is 0.159 e. The number of carbonyl (C=O) groups excluding carboxylic acids is 1. The molecule has 2 aromatic rings. The van der Waals surface area contributed by atoms with Crippen LogP contribution in [0.4, 0.5) is 0 Å². The SMILES string of the molecule is CC(=O)c1ccc(-c2ccc(C=NN(C)C)o2)cc1. The summed E-state index contributed by atoms with van der Waals surface area (Å²) < 4.78 is 5.66. The normalized spacial score (nSPS) is 10.9. The van der Waals surface area contributed by atoms with Crippen LogP contribution in [-0.2, 0) is 0 Å². The van der Waals surface area contributed by atoms with Crippen LogP contribution in [-0.4, -0.2) is 31.1 Å². The van der Waals surface area contributed by atoms with Gasteiger partial charge in [-0.1, -0.05) is 24.3 Å². The van der Waals surface area contributed by atoms with Gasteiger partial charge < -0.3 is 9.43 Å². The predicted molar refractivity (Wildman–Crippen MR) is 75.4 cm³/mol. The molecule has 1 aromatic carbocycles. The van der Waals surface area contributed by atoms with Gasteiger partial charge in [0.05, 0.1) is 6.21 Å². The van der Waals surface area contributed by atoms with Crippen molar-refractivity contribution in [2.75, 3.05) is 14.1 Å². The van der Waals surface area contributed by atoms with Gasteiger partial charge in [-0.15, -0.1) is 0 Å². The molecule has 0 N–H and O–H groups in total. The number of ketones is 1. The molecule has 0 bridgehead atoms. The Bertz CT molecular complexity index is 595. The molecule has 0 aliphatic carbocycles. The van der Waals surface area contributed by atoms with Crippen LogP contribution < -0.4 is 0 Å². The lowest BCUT2D eigenvalue weighted by atomic mass is 10.1. The van der Waals surface area contributed by atoms with Gasteiger partial charge in [0.25, 0.3) is 0 Å². The molecule has 4 heteroatoms. The third-order valence-electron chi connectivity index (χ3n) is 2.62. The van der Waals surface area contributed by atoms with Crippen LogP contribution in [0.15, 0.2) is 45.9 Å². The Morgan fingerprint density at radius 2 is 1.84 bits per heavy atom. The molecular formula is C15H16N2O2. The van der Waals surface area contributed by atoms with Crippen LogP contribution in [0.25, 0.3) is 11.3 Å². The second kappa shape index (κ2) is 5.52. The van der Waals surface area contributed by atoms with Crippen molar-refractivity contribution in [3.8, 4) is 11.3 Å². The monoisotopic (exact) mass is 256 g/mol. The molecule has 0 aliphatic rings. The molecule has 0 spiro atoms. The minimum Gasteiger partial charge on any atom is -0.455 e. The average molecular weight is 256 g/mol. The van der Waals surface area contributed by atoms with Crippen molar-refractivity contribution < 1.29 is 9.21 Å². The first-order valence-corrected chi connectivity index (χ1v) is 5.99. The molecule has 0 radical (unpaired) electrons. The highest BCUT2D eigenvalue weighted by Gasteiger charge is 2.05. The first-order valence-electron chi connectivity index (χ1n) is 5.99. The van der Waals surface area contributed by atoms with Gasteiger partial charge in [0, 0.05) is 25.2 Å². The molecule has 1 aromatic heterocycles. The summed E-state index contributed by atoms with van der Waals surface area (Å²) in [7, 11) is 3.70. The maximum Gasteiger partial charge on any atom is 0.159 e. The molecule has 0 atom stereocenters. The highest BCUT2D eigenvalue weighted by Crippen LogP contribution is 2.22. The summed E-state index contributed by atoms with van der Waals surface area (Å²) in [6.45, 7) is 1.55. The molecule has 0 fully saturated rings. The van der Waals surface area contributed by atoms with Crippen LogP contribution >= 0.6 is 0 Å². The number of Topliss-reactive ketones (excluding diaryl/α,β-unsaturated/α-hetero) is 1. The Balaban J connectivity index is 2.20. The number of hydrogen-bond acceptors (Lipinski definition) is 4. The Labute approximate surface area is 112 Å². The van der Waals surface area contributed by atoms with E-state index >= 15 is 0 Å². The number of hydrogen-bond donors (Lipinski definition) is 0. The van der Waals surface area contributed by atoms with Crippen LogP contribution in [0.1, 0.15) is 23.0 Å². The van der Waals surface area contributed by atoms with Gasteiger partial charge in [-0.3, -0.25) is 4.79 Å². The summed E-state index contributed by atoms with van der Waals surface area (Å²) in [6.07, 6.45) is 1.66. The molecule has 0 unspecified atom stereocenters. The highest BCUT2D eigenvalue weighted by molar-refractivity contribution is 5.94. The number of benzene rings is 1. The molecule has 0 saturated carbocycles. The zero-order valence-electron chi connectivity index (χ0n) is 11.3. The summed E-state index contributed by atoms with van der Waals surface area (Å²) in [4.78, 5) is 11.2. The lowest BCUT2D eigenvalue weighted by molar-refractivity contribution is 0.101. The lowest BCUT2D eigenvalue weighted by Gasteiger charge is -2.01. The fraction of sp³-hybridized carbons (Fsp3) is 0.200. The molecule has 0 aliphatic heterocycles. The van der Waals surface area contributed by atoms with Crippen LogP contribution in [0.3, 0.4) is 0 Å². The van der Waals surface area contributed by atoms with E-state index in [0.717, 1.165) is 11.3 Å². The van der Waals surface area contributed by atoms with Crippen molar-refractivity contribution in [1.29, 1.82) is 0 Å². The van der Waals surface area contributed by atoms with E-state index in [1.165, 1.54) is 0 Å². The van der Waals surface area contributed by atoms with Crippen LogP contribution in [0.2, 0.25) is 0 Å². The number of hydrazone groups is 1. The second-order valence-electron chi connectivity index (χ2n) is 4.43. The summed E-state index contributed by atoms with van der Waals surface area (Å²) >= 11 is 0. The van der Waals surface area contributed by atoms with Gasteiger partial charge in [0.2, 0.25) is 0 Å². The molecule has 4 nitrogen and oxygen atoms in total. The van der Waals surface area contributed by atoms with Gasteiger partial charge in [-0.2, -0.15) is 5.10 Å². The maximum atomic E-state index is 11.2. The van der Waals surface area contributed by atoms with Crippen molar-refractivity contribution in [1.82, 2.24) is 5.01 Å². The first-order chi connectivity index (χ1) is 9.06. The van der Waals surface area contributed by atoms with Crippen LogP contribution in [0.5, 0.6) is 0 Å². The Morgan fingerprint density at radius 1 is 1.16 bits per heavy atom. The quantitative estimate of drug-likeness (QED) is 0.480. The second-order valence-corrected chi connectivity index (χ2v) is 4.43. The maximum absolute atomic E-state index is 11.2. The fourth-order valence-corrected chi connectivity index (χ4v) is 1.62. The number of furan rings is 1. The average Bonchev–Trinajstić information content (AvgIpc) is 2.85. The van der Waals surface area contributed by atoms with Crippen molar-refractivity contribution in [3.05, 3.63) is 47.7 Å². The molecule has 98 valence electrons. The number of nitrogens with zero attached hydrogens (tertiary/aromatic N) is 2. The Morgan fingerprint density at radius 3 is 2.42 bits per heavy atom. The van der Waals surface area contributed by atoms with Crippen LogP contribution in [0, 0.1) is 0 Å². The van der Waals surface area contributed by atoms with Gasteiger partial charge in [-0.25, -0.2) is 0 Å². The van der Waals surface area contributed by atoms with Crippen molar-refractivity contribution in [2.24, 2.45) is 5.10 Å². The minimum atomic E-state index is 0.0600. The van der Waals surface area contributed by atoms with E-state index in [4.69, 9.17) is 4.42 Å². The van der Waals surface area contributed by atoms with Crippen molar-refractivity contribution >= 4 is 12.0 Å². The molecule has 19 heavy (non-hydrogen) atoms. The Hall–Kier alpha value is -2.36. The number of carbonyl (C=O) groups is 1. The fourth-order valence-electron chi connectivity index (χ4n) is 1.62. The summed E-state index contributed by atoms with van der Waals surface area (Å²) in [5.41, 5.74) is 1.64. The van der Waals surface area contributed by atoms with E-state index in [9.17, 15) is 4.79 Å². The lowest BCUT2D eigenvalue weighted by Crippen LogP contribution is -2.01. The first kappa shape index (κ1) is 13.1. The van der Waals surface area contributed by atoms with Crippen molar-refractivity contribution in [2.45, 2.75) is 6.92 Å². The van der Waals surface area contributed by atoms with E-state index in [0.29, 0.717) is 11.3 Å². The third-order valence-corrected chi connectivity index (χ3v) is 2.62. The highest BCUT2D eigenvalue weighted by atomic mass is 16.3. The molecule has 0 saturated heterocycles. The zero-order valence-corrected chi connectivity index (χ0v) is 11.3. The molecule has 2 rings (SSSR count). The third kappa shape index (κ3) is 3.31. The van der Waals surface area contributed by atoms with E-state index in [-0.39, 0.29) is 5.78 Å². The minimum absolute atomic E-state index is 0.0600. The van der Waals surface area contributed by atoms with Gasteiger partial charge >= 0.3 is 0 Å².